The summed E-state index contributed by atoms with van der Waals surface area (Å²) in [5, 5.41) is 3.42. The minimum atomic E-state index is 0.580. The first kappa shape index (κ1) is 16.5. The van der Waals surface area contributed by atoms with Crippen molar-refractivity contribution in [3.63, 3.8) is 0 Å². The van der Waals surface area contributed by atoms with E-state index in [0.717, 1.165) is 32.2 Å². The first-order chi connectivity index (χ1) is 10.2. The Bertz CT molecular complexity index is 404. The van der Waals surface area contributed by atoms with E-state index in [9.17, 15) is 0 Å². The maximum atomic E-state index is 5.27. The van der Waals surface area contributed by atoms with Crippen LogP contribution in [-0.4, -0.2) is 44.8 Å². The van der Waals surface area contributed by atoms with E-state index >= 15 is 0 Å². The molecule has 0 spiro atoms. The molecule has 0 saturated carbocycles. The van der Waals surface area contributed by atoms with Crippen LogP contribution in [0.1, 0.15) is 37.3 Å². The number of ether oxygens (including phenoxy) is 1. The molecular formula is C18H30N2O. The summed E-state index contributed by atoms with van der Waals surface area (Å²) in [5.41, 5.74) is 2.85. The zero-order valence-corrected chi connectivity index (χ0v) is 13.8. The number of benzene rings is 1. The number of rotatable bonds is 8. The Labute approximate surface area is 129 Å². The van der Waals surface area contributed by atoms with Gasteiger partial charge in [0.25, 0.3) is 0 Å². The number of nitrogens with zero attached hydrogens (tertiary/aromatic N) is 1. The van der Waals surface area contributed by atoms with Gasteiger partial charge in [0.15, 0.2) is 0 Å². The van der Waals surface area contributed by atoms with Crippen LogP contribution in [-0.2, 0) is 11.3 Å². The summed E-state index contributed by atoms with van der Waals surface area (Å²) in [5.74, 6) is 1.30. The molecule has 1 heterocycles. The SMILES string of the molecule is CCNCC(C)c1ccc(CN2CCC(COC)C2)cc1. The van der Waals surface area contributed by atoms with Gasteiger partial charge in [-0.1, -0.05) is 38.1 Å². The van der Waals surface area contributed by atoms with Gasteiger partial charge < -0.3 is 10.1 Å². The lowest BCUT2D eigenvalue weighted by Gasteiger charge is -2.17. The van der Waals surface area contributed by atoms with E-state index in [4.69, 9.17) is 4.74 Å². The lowest BCUT2D eigenvalue weighted by Crippen LogP contribution is -2.21. The fourth-order valence-electron chi connectivity index (χ4n) is 3.12. The Morgan fingerprint density at radius 2 is 2.10 bits per heavy atom. The molecule has 1 N–H and O–H groups in total. The van der Waals surface area contributed by atoms with Crippen molar-refractivity contribution in [3.05, 3.63) is 35.4 Å². The van der Waals surface area contributed by atoms with Crippen molar-refractivity contribution in [2.24, 2.45) is 5.92 Å². The number of likely N-dealkylation sites (N-methyl/N-ethyl adjacent to an activating group) is 1. The van der Waals surface area contributed by atoms with E-state index < -0.39 is 0 Å². The molecule has 1 aliphatic rings. The van der Waals surface area contributed by atoms with Gasteiger partial charge in [0.1, 0.15) is 0 Å². The maximum absolute atomic E-state index is 5.27. The molecule has 0 amide bonds. The van der Waals surface area contributed by atoms with Crippen LogP contribution in [0.2, 0.25) is 0 Å². The third kappa shape index (κ3) is 5.10. The summed E-state index contributed by atoms with van der Waals surface area (Å²) in [4.78, 5) is 2.54. The Hall–Kier alpha value is -0.900. The lowest BCUT2D eigenvalue weighted by molar-refractivity contribution is 0.152. The zero-order chi connectivity index (χ0) is 15.1. The van der Waals surface area contributed by atoms with Gasteiger partial charge in [-0.15, -0.1) is 0 Å². The van der Waals surface area contributed by atoms with Crippen LogP contribution >= 0.6 is 0 Å². The summed E-state index contributed by atoms with van der Waals surface area (Å²) >= 11 is 0. The normalized spacial score (nSPS) is 20.8. The second-order valence-electron chi connectivity index (χ2n) is 6.30. The van der Waals surface area contributed by atoms with E-state index in [1.54, 1.807) is 7.11 Å². The van der Waals surface area contributed by atoms with Crippen LogP contribution < -0.4 is 5.32 Å². The molecule has 1 aromatic rings. The van der Waals surface area contributed by atoms with Crippen LogP contribution in [0.3, 0.4) is 0 Å². The predicted octanol–water partition coefficient (Wildman–Crippen LogP) is 2.87. The number of hydrogen-bond donors (Lipinski definition) is 1. The van der Waals surface area contributed by atoms with Crippen molar-refractivity contribution in [3.8, 4) is 0 Å². The van der Waals surface area contributed by atoms with Crippen LogP contribution in [0.25, 0.3) is 0 Å². The topological polar surface area (TPSA) is 24.5 Å². The smallest absolute Gasteiger partial charge is 0.0503 e. The Kier molecular flexibility index (Phi) is 6.68. The second kappa shape index (κ2) is 8.52. The predicted molar refractivity (Wildman–Crippen MR) is 88.7 cm³/mol. The first-order valence-electron chi connectivity index (χ1n) is 8.23. The molecule has 3 heteroatoms. The third-order valence-corrected chi connectivity index (χ3v) is 4.43. The Morgan fingerprint density at radius 3 is 2.76 bits per heavy atom. The third-order valence-electron chi connectivity index (χ3n) is 4.43. The second-order valence-corrected chi connectivity index (χ2v) is 6.30. The van der Waals surface area contributed by atoms with E-state index in [1.807, 2.05) is 0 Å². The fourth-order valence-corrected chi connectivity index (χ4v) is 3.12. The van der Waals surface area contributed by atoms with Crippen molar-refractivity contribution in [2.75, 3.05) is 39.9 Å². The Morgan fingerprint density at radius 1 is 1.33 bits per heavy atom. The van der Waals surface area contributed by atoms with Crippen LogP contribution in [0.15, 0.2) is 24.3 Å². The molecule has 0 aromatic heterocycles. The van der Waals surface area contributed by atoms with Gasteiger partial charge >= 0.3 is 0 Å². The molecule has 1 fully saturated rings. The lowest BCUT2D eigenvalue weighted by atomic mass is 9.99. The largest absolute Gasteiger partial charge is 0.384 e. The summed E-state index contributed by atoms with van der Waals surface area (Å²) in [6, 6.07) is 9.17. The highest BCUT2D eigenvalue weighted by Gasteiger charge is 2.22. The van der Waals surface area contributed by atoms with Gasteiger partial charge in [-0.3, -0.25) is 4.90 Å². The van der Waals surface area contributed by atoms with Crippen LogP contribution in [0, 0.1) is 5.92 Å². The molecule has 2 rings (SSSR count). The minimum absolute atomic E-state index is 0.580. The monoisotopic (exact) mass is 290 g/mol. The van der Waals surface area contributed by atoms with Crippen LogP contribution in [0.5, 0.6) is 0 Å². The standard InChI is InChI=1S/C18H30N2O/c1-4-19-11-15(2)18-7-5-16(6-8-18)12-20-10-9-17(13-20)14-21-3/h5-8,15,17,19H,4,9-14H2,1-3H3. The van der Waals surface area contributed by atoms with Gasteiger partial charge in [-0.25, -0.2) is 0 Å². The quantitative estimate of drug-likeness (QED) is 0.797. The van der Waals surface area contributed by atoms with Crippen molar-refractivity contribution in [1.82, 2.24) is 10.2 Å². The van der Waals surface area contributed by atoms with Crippen molar-refractivity contribution in [1.29, 1.82) is 0 Å². The van der Waals surface area contributed by atoms with E-state index in [0.29, 0.717) is 5.92 Å². The summed E-state index contributed by atoms with van der Waals surface area (Å²) in [7, 11) is 1.80. The summed E-state index contributed by atoms with van der Waals surface area (Å²) in [6.45, 7) is 10.9. The molecule has 2 atom stereocenters. The Balaban J connectivity index is 1.82. The highest BCUT2D eigenvalue weighted by atomic mass is 16.5. The van der Waals surface area contributed by atoms with Gasteiger partial charge in [0, 0.05) is 26.7 Å². The van der Waals surface area contributed by atoms with Gasteiger partial charge in [0.2, 0.25) is 0 Å². The summed E-state index contributed by atoms with van der Waals surface area (Å²) < 4.78 is 5.27. The molecule has 0 aliphatic carbocycles. The number of nitrogens with one attached hydrogen (secondary N) is 1. The molecule has 21 heavy (non-hydrogen) atoms. The van der Waals surface area contributed by atoms with Gasteiger partial charge in [-0.05, 0) is 42.5 Å². The molecule has 2 unspecified atom stereocenters. The molecule has 3 nitrogen and oxygen atoms in total. The highest BCUT2D eigenvalue weighted by Crippen LogP contribution is 2.20. The van der Waals surface area contributed by atoms with E-state index in [1.165, 1.54) is 30.6 Å². The first-order valence-corrected chi connectivity index (χ1v) is 8.23. The van der Waals surface area contributed by atoms with Crippen molar-refractivity contribution >= 4 is 0 Å². The molecule has 118 valence electrons. The van der Waals surface area contributed by atoms with Gasteiger partial charge in [0.05, 0.1) is 6.61 Å². The molecule has 1 aliphatic heterocycles. The fraction of sp³-hybridized carbons (Fsp3) is 0.667. The summed E-state index contributed by atoms with van der Waals surface area (Å²) in [6.07, 6.45) is 1.27. The minimum Gasteiger partial charge on any atom is -0.384 e. The number of methoxy groups -OCH3 is 1. The molecule has 1 aromatic carbocycles. The molecule has 0 bridgehead atoms. The average molecular weight is 290 g/mol. The molecule has 0 radical (unpaired) electrons. The maximum Gasteiger partial charge on any atom is 0.0503 e. The number of hydrogen-bond acceptors (Lipinski definition) is 3. The van der Waals surface area contributed by atoms with Gasteiger partial charge in [-0.2, -0.15) is 0 Å². The van der Waals surface area contributed by atoms with Crippen molar-refractivity contribution in [2.45, 2.75) is 32.7 Å². The van der Waals surface area contributed by atoms with E-state index in [2.05, 4.69) is 48.3 Å². The zero-order valence-electron chi connectivity index (χ0n) is 13.8. The number of likely N-dealkylation sites (tertiary alicyclic amines) is 1. The van der Waals surface area contributed by atoms with Crippen LogP contribution in [0.4, 0.5) is 0 Å². The molecule has 1 saturated heterocycles. The van der Waals surface area contributed by atoms with E-state index in [-0.39, 0.29) is 0 Å². The highest BCUT2D eigenvalue weighted by molar-refractivity contribution is 5.25. The van der Waals surface area contributed by atoms with Crippen molar-refractivity contribution < 1.29 is 4.74 Å². The average Bonchev–Trinajstić information content (AvgIpc) is 2.93. The molecular weight excluding hydrogens is 260 g/mol.